The number of unbranched alkanes of at least 4 members (excludes halogenated alkanes) is 2. The molecule has 0 saturated carbocycles. The van der Waals surface area contributed by atoms with Gasteiger partial charge in [0.05, 0.1) is 36.6 Å². The van der Waals surface area contributed by atoms with Crippen LogP contribution in [0, 0.1) is 17.8 Å². The zero-order valence-corrected chi connectivity index (χ0v) is 40.5. The van der Waals surface area contributed by atoms with E-state index in [2.05, 4.69) is 10.2 Å². The number of ether oxygens (including phenoxy) is 2. The third kappa shape index (κ3) is 15.2. The number of aliphatic imine (C=N–C) groups is 1. The van der Waals surface area contributed by atoms with Crippen molar-refractivity contribution >= 4 is 37.2 Å². The molecule has 0 aromatic heterocycles. The monoisotopic (exact) mass is 907 g/mol. The fraction of sp³-hybridized carbons (Fsp3) is 0.756. The minimum absolute atomic E-state index is 0.0252. The molecule has 358 valence electrons. The van der Waals surface area contributed by atoms with Gasteiger partial charge >= 0.3 is 7.60 Å². The minimum Gasteiger partial charge on any atom is -0.379 e. The minimum atomic E-state index is -4.73. The van der Waals surface area contributed by atoms with Crippen molar-refractivity contribution in [1.82, 2.24) is 29.8 Å². The number of nitrogens with two attached hydrogens (primary N) is 1. The normalized spacial score (nSPS) is 19.6. The highest BCUT2D eigenvalue weighted by Gasteiger charge is 2.44. The number of nitrogens with zero attached hydrogens (tertiary/aromatic N) is 6. The molecule has 0 spiro atoms. The first-order valence-electron chi connectivity index (χ1n) is 22.8. The van der Waals surface area contributed by atoms with E-state index in [1.54, 1.807) is 61.2 Å². The number of likely N-dealkylation sites (tertiary alicyclic amines) is 1. The number of piperazine rings is 1. The van der Waals surface area contributed by atoms with Gasteiger partial charge in [0.1, 0.15) is 11.8 Å². The first kappa shape index (κ1) is 53.7. The number of rotatable bonds is 23. The van der Waals surface area contributed by atoms with E-state index >= 15 is 0 Å². The lowest BCUT2D eigenvalue weighted by Gasteiger charge is -2.41. The summed E-state index contributed by atoms with van der Waals surface area (Å²) >= 11 is 0. The second-order valence-electron chi connectivity index (χ2n) is 17.9. The van der Waals surface area contributed by atoms with Crippen LogP contribution in [0.15, 0.2) is 35.3 Å². The standard InChI is InChI=1S/C45H79N8O9P/c1-11-32(4)41(50(8)44(57)40(31(2)3)48-45(49(6)7)52-27-25-51(26-28-52)38(54)22-16-13-17-23-46)36(61-9)30-39(55)53-24-18-21-35(53)42(62-10)33(5)43(56)47-37(63(58,59)60)29-34-19-14-12-15-20-34/h12,14-15,19-20,31-33,35-37,40-42H,11,13,16-18,21-30,46H2,1-10H3,(H,47,56)(H2,58,59,60)/b48-45-/t32-,33+,35-,36+,37+,40-,41-,42+/m0/s1. The Morgan fingerprint density at radius 3 is 2.10 bits per heavy atom. The van der Waals surface area contributed by atoms with Gasteiger partial charge in [-0.3, -0.25) is 23.7 Å². The molecule has 18 heteroatoms. The summed E-state index contributed by atoms with van der Waals surface area (Å²) < 4.78 is 24.5. The molecule has 0 aliphatic carbocycles. The van der Waals surface area contributed by atoms with Gasteiger partial charge in [-0.2, -0.15) is 0 Å². The summed E-state index contributed by atoms with van der Waals surface area (Å²) in [6.45, 7) is 13.1. The number of likely N-dealkylation sites (N-methyl/N-ethyl adjacent to an activating group) is 1. The van der Waals surface area contributed by atoms with E-state index in [9.17, 15) is 33.5 Å². The third-order valence-corrected chi connectivity index (χ3v) is 13.9. The van der Waals surface area contributed by atoms with E-state index < -0.39 is 55.5 Å². The van der Waals surface area contributed by atoms with E-state index in [0.717, 1.165) is 25.7 Å². The van der Waals surface area contributed by atoms with Crippen LogP contribution in [0.2, 0.25) is 0 Å². The van der Waals surface area contributed by atoms with Crippen molar-refractivity contribution in [2.75, 3.05) is 74.6 Å². The number of guanidine groups is 1. The predicted molar refractivity (Wildman–Crippen MR) is 246 cm³/mol. The Morgan fingerprint density at radius 2 is 1.56 bits per heavy atom. The summed E-state index contributed by atoms with van der Waals surface area (Å²) in [7, 11) is 3.88. The van der Waals surface area contributed by atoms with Crippen molar-refractivity contribution in [2.45, 2.75) is 129 Å². The summed E-state index contributed by atoms with van der Waals surface area (Å²) in [5.41, 5.74) is 6.28. The zero-order valence-electron chi connectivity index (χ0n) is 39.6. The average molecular weight is 907 g/mol. The number of carbonyl (C=O) groups excluding carboxylic acids is 4. The van der Waals surface area contributed by atoms with Gasteiger partial charge in [0.15, 0.2) is 5.96 Å². The Balaban J connectivity index is 1.78. The van der Waals surface area contributed by atoms with Crippen molar-refractivity contribution in [1.29, 1.82) is 0 Å². The van der Waals surface area contributed by atoms with Crippen LogP contribution in [0.25, 0.3) is 0 Å². The summed E-state index contributed by atoms with van der Waals surface area (Å²) in [6.07, 6.45) is 3.66. The molecule has 4 amide bonds. The van der Waals surface area contributed by atoms with E-state index in [1.807, 2.05) is 51.6 Å². The Bertz CT molecular complexity index is 1670. The van der Waals surface area contributed by atoms with Gasteiger partial charge in [0.25, 0.3) is 0 Å². The molecule has 17 nitrogen and oxygen atoms in total. The van der Waals surface area contributed by atoms with Crippen molar-refractivity contribution < 1.29 is 43.0 Å². The van der Waals surface area contributed by atoms with Crippen molar-refractivity contribution in [3.8, 4) is 0 Å². The zero-order chi connectivity index (χ0) is 47.0. The molecular weight excluding hydrogens is 828 g/mol. The van der Waals surface area contributed by atoms with Crippen molar-refractivity contribution in [3.05, 3.63) is 35.9 Å². The summed E-state index contributed by atoms with van der Waals surface area (Å²) in [4.78, 5) is 90.4. The van der Waals surface area contributed by atoms with Crippen LogP contribution in [-0.2, 0) is 39.6 Å². The number of methoxy groups -OCH3 is 2. The number of benzene rings is 1. The predicted octanol–water partition coefficient (Wildman–Crippen LogP) is 3.37. The quantitative estimate of drug-likeness (QED) is 0.0540. The Hall–Kier alpha value is -3.60. The lowest BCUT2D eigenvalue weighted by Crippen LogP contribution is -2.56. The van der Waals surface area contributed by atoms with Gasteiger partial charge in [0, 0.05) is 80.9 Å². The Kier molecular flexibility index (Phi) is 22.0. The van der Waals surface area contributed by atoms with Gasteiger partial charge in [-0.15, -0.1) is 0 Å². The SMILES string of the molecule is CC[C@H](C)[C@@H]([C@@H](CC(=O)N1CCC[C@H]1[C@H](OC)[C@@H](C)C(=O)N[C@@H](Cc1ccccc1)P(=O)(O)O)OC)N(C)C(=O)[C@@H](/N=C(/N(C)C)N1CCN(C(=O)CCCCCN)CC1)C(C)C. The largest absolute Gasteiger partial charge is 0.379 e. The van der Waals surface area contributed by atoms with Gasteiger partial charge < -0.3 is 54.8 Å². The third-order valence-electron chi connectivity index (χ3n) is 12.8. The van der Waals surface area contributed by atoms with E-state index in [4.69, 9.17) is 20.2 Å². The summed E-state index contributed by atoms with van der Waals surface area (Å²) in [5.74, 6) is -2.63. The second-order valence-corrected chi connectivity index (χ2v) is 19.7. The Labute approximate surface area is 376 Å². The molecule has 1 aromatic rings. The molecule has 2 aliphatic rings. The number of amides is 4. The van der Waals surface area contributed by atoms with E-state index in [-0.39, 0.29) is 42.4 Å². The first-order valence-corrected chi connectivity index (χ1v) is 24.5. The first-order chi connectivity index (χ1) is 29.8. The molecule has 5 N–H and O–H groups in total. The molecule has 63 heavy (non-hydrogen) atoms. The summed E-state index contributed by atoms with van der Waals surface area (Å²) in [5, 5.41) is 2.58. The number of hydrogen-bond acceptors (Lipinski definition) is 9. The average Bonchev–Trinajstić information content (AvgIpc) is 3.74. The maximum atomic E-state index is 14.7. The number of hydrogen-bond donors (Lipinski definition) is 4. The molecule has 2 saturated heterocycles. The molecule has 2 aliphatic heterocycles. The van der Waals surface area contributed by atoms with Crippen molar-refractivity contribution in [2.24, 2.45) is 28.5 Å². The summed E-state index contributed by atoms with van der Waals surface area (Å²) in [6, 6.07) is 7.13. The number of carbonyl (C=O) groups is 4. The molecule has 2 heterocycles. The van der Waals surface area contributed by atoms with Crippen LogP contribution in [0.3, 0.4) is 0 Å². The number of nitrogens with one attached hydrogen (secondary N) is 1. The van der Waals surface area contributed by atoms with Crippen LogP contribution < -0.4 is 11.1 Å². The van der Waals surface area contributed by atoms with Crippen LogP contribution in [0.4, 0.5) is 0 Å². The second kappa shape index (κ2) is 25.8. The Morgan fingerprint density at radius 1 is 0.921 bits per heavy atom. The van der Waals surface area contributed by atoms with Gasteiger partial charge in [-0.05, 0) is 49.6 Å². The van der Waals surface area contributed by atoms with Crippen molar-refractivity contribution in [3.63, 3.8) is 0 Å². The molecule has 0 unspecified atom stereocenters. The molecule has 8 atom stereocenters. The highest BCUT2D eigenvalue weighted by molar-refractivity contribution is 7.52. The molecule has 2 fully saturated rings. The molecular formula is C45H79N8O9P. The lowest BCUT2D eigenvalue weighted by molar-refractivity contribution is -0.146. The van der Waals surface area contributed by atoms with E-state index in [1.165, 1.54) is 7.11 Å². The fourth-order valence-corrected chi connectivity index (χ4v) is 9.65. The molecule has 0 bridgehead atoms. The highest BCUT2D eigenvalue weighted by Crippen LogP contribution is 2.41. The van der Waals surface area contributed by atoms with Crippen LogP contribution in [0.5, 0.6) is 0 Å². The smallest absolute Gasteiger partial charge is 0.347 e. The van der Waals surface area contributed by atoms with E-state index in [0.29, 0.717) is 70.1 Å². The van der Waals surface area contributed by atoms with Gasteiger partial charge in [0.2, 0.25) is 23.6 Å². The van der Waals surface area contributed by atoms with Crippen LogP contribution in [0.1, 0.15) is 91.5 Å². The van der Waals surface area contributed by atoms with Gasteiger partial charge in [-0.1, -0.05) is 77.8 Å². The van der Waals surface area contributed by atoms with Gasteiger partial charge in [-0.25, -0.2) is 4.99 Å². The van der Waals surface area contributed by atoms with Crippen LogP contribution >= 0.6 is 7.60 Å². The molecule has 3 rings (SSSR count). The maximum Gasteiger partial charge on any atom is 0.347 e. The maximum absolute atomic E-state index is 14.7. The topological polar surface area (TPSA) is 211 Å². The van der Waals surface area contributed by atoms with Crippen LogP contribution in [-0.4, -0.2) is 175 Å². The lowest BCUT2D eigenvalue weighted by atomic mass is 9.89. The fourth-order valence-electron chi connectivity index (χ4n) is 8.91. The molecule has 1 aromatic carbocycles. The highest BCUT2D eigenvalue weighted by atomic mass is 31.2. The molecule has 0 radical (unpaired) electrons.